The summed E-state index contributed by atoms with van der Waals surface area (Å²) in [6.45, 7) is 5.39. The molecule has 0 radical (unpaired) electrons. The van der Waals surface area contributed by atoms with Crippen molar-refractivity contribution in [3.05, 3.63) is 60.2 Å². The zero-order chi connectivity index (χ0) is 18.1. The molecule has 134 valence electrons. The van der Waals surface area contributed by atoms with E-state index in [0.29, 0.717) is 5.92 Å². The van der Waals surface area contributed by atoms with Gasteiger partial charge >= 0.3 is 5.97 Å². The van der Waals surface area contributed by atoms with Gasteiger partial charge in [-0.2, -0.15) is 0 Å². The Morgan fingerprint density at radius 2 is 1.64 bits per heavy atom. The summed E-state index contributed by atoms with van der Waals surface area (Å²) < 4.78 is 0. The third-order valence-electron chi connectivity index (χ3n) is 4.48. The molecule has 0 amide bonds. The van der Waals surface area contributed by atoms with Crippen molar-refractivity contribution in [2.75, 3.05) is 6.54 Å². The molecule has 0 heterocycles. The van der Waals surface area contributed by atoms with Crippen LogP contribution in [0.5, 0.6) is 0 Å². The Kier molecular flexibility index (Phi) is 7.68. The van der Waals surface area contributed by atoms with Crippen molar-refractivity contribution in [1.82, 2.24) is 5.32 Å². The number of hydrogen-bond donors (Lipinski definition) is 2. The Morgan fingerprint density at radius 3 is 2.32 bits per heavy atom. The lowest BCUT2D eigenvalue weighted by molar-refractivity contribution is -0.137. The Morgan fingerprint density at radius 1 is 0.960 bits per heavy atom. The minimum absolute atomic E-state index is 0.268. The van der Waals surface area contributed by atoms with E-state index in [1.165, 1.54) is 16.7 Å². The van der Waals surface area contributed by atoms with Crippen LogP contribution in [-0.4, -0.2) is 17.6 Å². The average molecular weight is 339 g/mol. The normalized spacial score (nSPS) is 12.3. The molecule has 2 aromatic carbocycles. The van der Waals surface area contributed by atoms with Gasteiger partial charge in [-0.1, -0.05) is 74.9 Å². The first kappa shape index (κ1) is 19.2. The van der Waals surface area contributed by atoms with Crippen molar-refractivity contribution in [2.45, 2.75) is 45.6 Å². The van der Waals surface area contributed by atoms with Gasteiger partial charge in [-0.25, -0.2) is 0 Å². The molecule has 2 rings (SSSR count). The number of benzene rings is 2. The quantitative estimate of drug-likeness (QED) is 0.579. The smallest absolute Gasteiger partial charge is 0.303 e. The molecule has 3 heteroatoms. The number of carboxylic acid groups (broad SMARTS) is 1. The number of nitrogens with one attached hydrogen (secondary N) is 1. The number of hydrogen-bond acceptors (Lipinski definition) is 2. The molecule has 0 aromatic heterocycles. The van der Waals surface area contributed by atoms with Crippen LogP contribution in [0.15, 0.2) is 54.6 Å². The molecule has 0 saturated heterocycles. The maximum absolute atomic E-state index is 10.6. The van der Waals surface area contributed by atoms with Crippen LogP contribution < -0.4 is 5.32 Å². The highest BCUT2D eigenvalue weighted by Crippen LogP contribution is 2.31. The fraction of sp³-hybridized carbons (Fsp3) is 0.409. The van der Waals surface area contributed by atoms with Gasteiger partial charge in [-0.15, -0.1) is 0 Å². The van der Waals surface area contributed by atoms with Crippen molar-refractivity contribution < 1.29 is 9.90 Å². The highest BCUT2D eigenvalue weighted by Gasteiger charge is 2.18. The van der Waals surface area contributed by atoms with Crippen LogP contribution in [0.4, 0.5) is 0 Å². The van der Waals surface area contributed by atoms with E-state index in [4.69, 9.17) is 5.11 Å². The third kappa shape index (κ3) is 6.02. The van der Waals surface area contributed by atoms with Gasteiger partial charge in [-0.3, -0.25) is 4.79 Å². The van der Waals surface area contributed by atoms with Crippen LogP contribution in [0.1, 0.15) is 51.1 Å². The van der Waals surface area contributed by atoms with Crippen LogP contribution in [-0.2, 0) is 4.79 Å². The summed E-state index contributed by atoms with van der Waals surface area (Å²) in [5, 5.41) is 12.4. The topological polar surface area (TPSA) is 49.3 Å². The summed E-state index contributed by atoms with van der Waals surface area (Å²) in [7, 11) is 0. The van der Waals surface area contributed by atoms with Crippen LogP contribution >= 0.6 is 0 Å². The number of unbranched alkanes of at least 4 members (excludes halogenated alkanes) is 2. The highest BCUT2D eigenvalue weighted by atomic mass is 16.4. The molecule has 0 aliphatic carbocycles. The molecule has 25 heavy (non-hydrogen) atoms. The second-order valence-corrected chi connectivity index (χ2v) is 6.83. The molecule has 0 spiro atoms. The second kappa shape index (κ2) is 10.00. The van der Waals surface area contributed by atoms with Crippen molar-refractivity contribution in [2.24, 2.45) is 5.92 Å². The predicted octanol–water partition coefficient (Wildman–Crippen LogP) is 5.29. The Labute approximate surface area is 151 Å². The summed E-state index contributed by atoms with van der Waals surface area (Å²) in [4.78, 5) is 10.6. The zero-order valence-electron chi connectivity index (χ0n) is 15.2. The molecular weight excluding hydrogens is 310 g/mol. The first-order valence-electron chi connectivity index (χ1n) is 9.19. The summed E-state index contributed by atoms with van der Waals surface area (Å²) in [6, 6.07) is 19.4. The van der Waals surface area contributed by atoms with E-state index in [9.17, 15) is 4.79 Å². The molecule has 3 nitrogen and oxygen atoms in total. The van der Waals surface area contributed by atoms with Gasteiger partial charge in [-0.05, 0) is 42.0 Å². The average Bonchev–Trinajstić information content (AvgIpc) is 2.61. The summed E-state index contributed by atoms with van der Waals surface area (Å²) in [5.41, 5.74) is 3.85. The molecule has 0 fully saturated rings. The lowest BCUT2D eigenvalue weighted by Crippen LogP contribution is -2.27. The van der Waals surface area contributed by atoms with Gasteiger partial charge in [0.05, 0.1) is 0 Å². The summed E-state index contributed by atoms with van der Waals surface area (Å²) in [5.74, 6) is -0.228. The number of carboxylic acids is 1. The van der Waals surface area contributed by atoms with Gasteiger partial charge in [0.1, 0.15) is 0 Å². The Bertz CT molecular complexity index is 652. The van der Waals surface area contributed by atoms with Crippen molar-refractivity contribution in [3.63, 3.8) is 0 Å². The van der Waals surface area contributed by atoms with Crippen LogP contribution in [0.3, 0.4) is 0 Å². The molecule has 1 unspecified atom stereocenters. The van der Waals surface area contributed by atoms with E-state index in [1.54, 1.807) is 0 Å². The molecule has 0 aliphatic rings. The van der Waals surface area contributed by atoms with Gasteiger partial charge in [0, 0.05) is 12.5 Å². The molecule has 1 atom stereocenters. The summed E-state index contributed by atoms with van der Waals surface area (Å²) >= 11 is 0. The number of carbonyl (C=O) groups is 1. The first-order valence-corrected chi connectivity index (χ1v) is 9.19. The van der Waals surface area contributed by atoms with E-state index < -0.39 is 5.97 Å². The molecular formula is C22H29NO2. The SMILES string of the molecule is CC(C)C(NCCCCCC(=O)O)c1ccccc1-c1ccccc1. The van der Waals surface area contributed by atoms with Gasteiger partial charge < -0.3 is 10.4 Å². The molecule has 0 bridgehead atoms. The maximum atomic E-state index is 10.6. The van der Waals surface area contributed by atoms with Gasteiger partial charge in [0.2, 0.25) is 0 Å². The number of aliphatic carboxylic acids is 1. The fourth-order valence-corrected chi connectivity index (χ4v) is 3.19. The van der Waals surface area contributed by atoms with Gasteiger partial charge in [0.15, 0.2) is 0 Å². The highest BCUT2D eigenvalue weighted by molar-refractivity contribution is 5.68. The lowest BCUT2D eigenvalue weighted by Gasteiger charge is -2.25. The molecule has 0 saturated carbocycles. The number of rotatable bonds is 10. The molecule has 0 aliphatic heterocycles. The van der Waals surface area contributed by atoms with Crippen LogP contribution in [0, 0.1) is 5.92 Å². The third-order valence-corrected chi connectivity index (χ3v) is 4.48. The van der Waals surface area contributed by atoms with E-state index in [-0.39, 0.29) is 12.5 Å². The van der Waals surface area contributed by atoms with E-state index in [0.717, 1.165) is 25.8 Å². The molecule has 2 N–H and O–H groups in total. The first-order chi connectivity index (χ1) is 12.1. The lowest BCUT2D eigenvalue weighted by atomic mass is 9.89. The second-order valence-electron chi connectivity index (χ2n) is 6.83. The predicted molar refractivity (Wildman–Crippen MR) is 104 cm³/mol. The maximum Gasteiger partial charge on any atom is 0.303 e. The fourth-order valence-electron chi connectivity index (χ4n) is 3.19. The van der Waals surface area contributed by atoms with Crippen molar-refractivity contribution in [3.8, 4) is 11.1 Å². The monoisotopic (exact) mass is 339 g/mol. The minimum atomic E-state index is -0.704. The Hall–Kier alpha value is -2.13. The Balaban J connectivity index is 2.04. The van der Waals surface area contributed by atoms with E-state index in [2.05, 4.69) is 67.7 Å². The van der Waals surface area contributed by atoms with Crippen LogP contribution in [0.25, 0.3) is 11.1 Å². The minimum Gasteiger partial charge on any atom is -0.481 e. The van der Waals surface area contributed by atoms with Gasteiger partial charge in [0.25, 0.3) is 0 Å². The van der Waals surface area contributed by atoms with Crippen molar-refractivity contribution >= 4 is 5.97 Å². The zero-order valence-corrected chi connectivity index (χ0v) is 15.2. The molecule has 2 aromatic rings. The van der Waals surface area contributed by atoms with Crippen molar-refractivity contribution in [1.29, 1.82) is 0 Å². The summed E-state index contributed by atoms with van der Waals surface area (Å²) in [6.07, 6.45) is 2.98. The van der Waals surface area contributed by atoms with E-state index >= 15 is 0 Å². The van der Waals surface area contributed by atoms with E-state index in [1.807, 2.05) is 6.07 Å². The standard InChI is InChI=1S/C22H29NO2/c1-17(2)22(23-16-10-4-7-15-21(24)25)20-14-9-8-13-19(20)18-11-5-3-6-12-18/h3,5-6,8-9,11-14,17,22-23H,4,7,10,15-16H2,1-2H3,(H,24,25). The largest absolute Gasteiger partial charge is 0.481 e. The van der Waals surface area contributed by atoms with Crippen LogP contribution in [0.2, 0.25) is 0 Å².